The summed E-state index contributed by atoms with van der Waals surface area (Å²) in [7, 11) is 0. The Morgan fingerprint density at radius 3 is 2.44 bits per heavy atom. The molecule has 2 heteroatoms. The summed E-state index contributed by atoms with van der Waals surface area (Å²) in [5, 5.41) is 10.3. The van der Waals surface area contributed by atoms with Crippen molar-refractivity contribution in [3.8, 4) is 11.5 Å². The molecule has 140 valence electrons. The van der Waals surface area contributed by atoms with E-state index >= 15 is 0 Å². The smallest absolute Gasteiger partial charge is 0.127 e. The van der Waals surface area contributed by atoms with E-state index in [2.05, 4.69) is 32.9 Å². The highest BCUT2D eigenvalue weighted by molar-refractivity contribution is 5.58. The van der Waals surface area contributed by atoms with Crippen LogP contribution in [0.2, 0.25) is 0 Å². The number of rotatable bonds is 8. The van der Waals surface area contributed by atoms with E-state index in [9.17, 15) is 5.11 Å². The summed E-state index contributed by atoms with van der Waals surface area (Å²) in [6.07, 6.45) is 15.4. The van der Waals surface area contributed by atoms with Crippen LogP contribution in [0, 0.1) is 20.8 Å². The topological polar surface area (TPSA) is 29.5 Å². The maximum atomic E-state index is 10.3. The van der Waals surface area contributed by atoms with Gasteiger partial charge in [0.2, 0.25) is 0 Å². The van der Waals surface area contributed by atoms with E-state index in [0.717, 1.165) is 41.7 Å². The van der Waals surface area contributed by atoms with Crippen LogP contribution < -0.4 is 4.74 Å². The molecule has 0 radical (unpaired) electrons. The van der Waals surface area contributed by atoms with Gasteiger partial charge in [-0.15, -0.1) is 0 Å². The highest BCUT2D eigenvalue weighted by atomic mass is 16.5. The number of phenolic OH excluding ortho intramolecular Hbond substituents is 1. The first kappa shape index (κ1) is 19.9. The van der Waals surface area contributed by atoms with Crippen molar-refractivity contribution in [3.05, 3.63) is 34.4 Å². The van der Waals surface area contributed by atoms with Gasteiger partial charge >= 0.3 is 0 Å². The molecular formula is C23H36O2. The van der Waals surface area contributed by atoms with Crippen molar-refractivity contribution in [1.82, 2.24) is 0 Å². The van der Waals surface area contributed by atoms with Crippen molar-refractivity contribution in [2.75, 3.05) is 0 Å². The van der Waals surface area contributed by atoms with E-state index < -0.39 is 0 Å². The van der Waals surface area contributed by atoms with Gasteiger partial charge in [0.15, 0.2) is 0 Å². The minimum atomic E-state index is -0.133. The number of benzene rings is 1. The molecule has 0 saturated carbocycles. The van der Waals surface area contributed by atoms with Crippen LogP contribution in [-0.2, 0) is 6.42 Å². The van der Waals surface area contributed by atoms with E-state index in [1.807, 2.05) is 13.8 Å². The van der Waals surface area contributed by atoms with Gasteiger partial charge in [-0.2, -0.15) is 0 Å². The molecule has 1 aromatic carbocycles. The van der Waals surface area contributed by atoms with Crippen LogP contribution in [0.15, 0.2) is 12.2 Å². The van der Waals surface area contributed by atoms with Gasteiger partial charge in [-0.25, -0.2) is 0 Å². The normalized spacial score (nSPS) is 19.9. The molecule has 0 aliphatic carbocycles. The lowest BCUT2D eigenvalue weighted by atomic mass is 9.85. The molecule has 2 nitrogen and oxygen atoms in total. The largest absolute Gasteiger partial charge is 0.507 e. The van der Waals surface area contributed by atoms with E-state index in [-0.39, 0.29) is 5.60 Å². The summed E-state index contributed by atoms with van der Waals surface area (Å²) < 4.78 is 6.46. The van der Waals surface area contributed by atoms with Crippen LogP contribution in [0.5, 0.6) is 11.5 Å². The van der Waals surface area contributed by atoms with E-state index in [1.165, 1.54) is 44.1 Å². The predicted molar refractivity (Wildman–Crippen MR) is 107 cm³/mol. The van der Waals surface area contributed by atoms with Crippen molar-refractivity contribution in [1.29, 1.82) is 0 Å². The zero-order valence-corrected chi connectivity index (χ0v) is 16.9. The first-order valence-corrected chi connectivity index (χ1v) is 10.0. The molecule has 1 atom stereocenters. The monoisotopic (exact) mass is 344 g/mol. The molecule has 25 heavy (non-hydrogen) atoms. The molecule has 1 aromatic rings. The summed E-state index contributed by atoms with van der Waals surface area (Å²) in [4.78, 5) is 0. The summed E-state index contributed by atoms with van der Waals surface area (Å²) in [5.41, 5.74) is 4.08. The Labute approximate surface area is 154 Å². The highest BCUT2D eigenvalue weighted by Gasteiger charge is 2.33. The first-order valence-electron chi connectivity index (χ1n) is 10.0. The van der Waals surface area contributed by atoms with Crippen molar-refractivity contribution < 1.29 is 9.84 Å². The third kappa shape index (κ3) is 4.80. The van der Waals surface area contributed by atoms with Crippen molar-refractivity contribution in [3.63, 3.8) is 0 Å². The second-order valence-electron chi connectivity index (χ2n) is 7.96. The van der Waals surface area contributed by atoms with Crippen LogP contribution in [0.3, 0.4) is 0 Å². The zero-order chi connectivity index (χ0) is 18.4. The number of hydrogen-bond acceptors (Lipinski definition) is 2. The molecule has 0 amide bonds. The molecule has 2 rings (SSSR count). The lowest BCUT2D eigenvalue weighted by Gasteiger charge is -2.37. The van der Waals surface area contributed by atoms with Crippen LogP contribution in [-0.4, -0.2) is 10.7 Å². The van der Waals surface area contributed by atoms with Gasteiger partial charge in [-0.1, -0.05) is 44.8 Å². The Hall–Kier alpha value is -1.44. The molecule has 0 unspecified atom stereocenters. The maximum absolute atomic E-state index is 10.3. The zero-order valence-electron chi connectivity index (χ0n) is 16.9. The number of aromatic hydroxyl groups is 1. The minimum absolute atomic E-state index is 0.133. The Morgan fingerprint density at radius 2 is 1.72 bits per heavy atom. The maximum Gasteiger partial charge on any atom is 0.127 e. The SMILES string of the molecule is CCCCCCCC=CC[C@]1(C)CCc2c(C)c(O)c(C)c(C)c2O1. The van der Waals surface area contributed by atoms with Crippen molar-refractivity contribution >= 4 is 0 Å². The molecule has 0 saturated heterocycles. The van der Waals surface area contributed by atoms with Gasteiger partial charge < -0.3 is 9.84 Å². The minimum Gasteiger partial charge on any atom is -0.507 e. The molecular weight excluding hydrogens is 308 g/mol. The Morgan fingerprint density at radius 1 is 1.00 bits per heavy atom. The van der Waals surface area contributed by atoms with Crippen LogP contribution in [0.25, 0.3) is 0 Å². The van der Waals surface area contributed by atoms with Gasteiger partial charge in [-0.3, -0.25) is 0 Å². The van der Waals surface area contributed by atoms with Gasteiger partial charge in [0, 0.05) is 12.0 Å². The van der Waals surface area contributed by atoms with Crippen molar-refractivity contribution in [2.45, 2.75) is 98.0 Å². The Kier molecular flexibility index (Phi) is 6.98. The molecule has 1 aliphatic rings. The first-order chi connectivity index (χ1) is 11.9. The molecule has 1 N–H and O–H groups in total. The summed E-state index contributed by atoms with van der Waals surface area (Å²) in [6.45, 7) is 10.5. The molecule has 0 fully saturated rings. The van der Waals surface area contributed by atoms with Crippen molar-refractivity contribution in [2.24, 2.45) is 0 Å². The summed E-state index contributed by atoms with van der Waals surface area (Å²) in [5.74, 6) is 1.45. The van der Waals surface area contributed by atoms with Crippen LogP contribution >= 0.6 is 0 Å². The second kappa shape index (κ2) is 8.78. The molecule has 1 aliphatic heterocycles. The van der Waals surface area contributed by atoms with E-state index in [1.54, 1.807) is 0 Å². The van der Waals surface area contributed by atoms with Gasteiger partial charge in [-0.05, 0) is 70.1 Å². The third-order valence-corrected chi connectivity index (χ3v) is 5.78. The van der Waals surface area contributed by atoms with Gasteiger partial charge in [0.1, 0.15) is 17.1 Å². The molecule has 0 spiro atoms. The molecule has 1 heterocycles. The fraction of sp³-hybridized carbons (Fsp3) is 0.652. The molecule has 0 aromatic heterocycles. The second-order valence-corrected chi connectivity index (χ2v) is 7.96. The van der Waals surface area contributed by atoms with E-state index in [4.69, 9.17) is 4.74 Å². The number of phenols is 1. The number of hydrogen-bond donors (Lipinski definition) is 1. The van der Waals surface area contributed by atoms with Gasteiger partial charge in [0.05, 0.1) is 0 Å². The fourth-order valence-corrected chi connectivity index (χ4v) is 3.75. The predicted octanol–water partition coefficient (Wildman–Crippen LogP) is 6.71. The molecule has 0 bridgehead atoms. The fourth-order valence-electron chi connectivity index (χ4n) is 3.75. The highest BCUT2D eigenvalue weighted by Crippen LogP contribution is 2.44. The number of allylic oxidation sites excluding steroid dienone is 1. The summed E-state index contributed by atoms with van der Waals surface area (Å²) >= 11 is 0. The average Bonchev–Trinajstić information content (AvgIpc) is 2.60. The number of fused-ring (bicyclic) bond motifs is 1. The van der Waals surface area contributed by atoms with Crippen LogP contribution in [0.4, 0.5) is 0 Å². The quantitative estimate of drug-likeness (QED) is 0.419. The Balaban J connectivity index is 1.94. The van der Waals surface area contributed by atoms with Gasteiger partial charge in [0.25, 0.3) is 0 Å². The number of ether oxygens (including phenoxy) is 1. The van der Waals surface area contributed by atoms with E-state index in [0.29, 0.717) is 5.75 Å². The number of unbranched alkanes of at least 4 members (excludes halogenated alkanes) is 5. The third-order valence-electron chi connectivity index (χ3n) is 5.78. The standard InChI is InChI=1S/C23H36O2/c1-6-7-8-9-10-11-12-13-15-23(5)16-14-20-19(4)21(24)17(2)18(3)22(20)25-23/h12-13,24H,6-11,14-16H2,1-5H3/t23-/m1/s1. The lowest BCUT2D eigenvalue weighted by Crippen LogP contribution is -2.36. The summed E-state index contributed by atoms with van der Waals surface area (Å²) in [6, 6.07) is 0. The Bertz CT molecular complexity index is 615. The lowest BCUT2D eigenvalue weighted by molar-refractivity contribution is 0.0666. The van der Waals surface area contributed by atoms with Crippen LogP contribution in [0.1, 0.15) is 87.5 Å². The average molecular weight is 345 g/mol.